The summed E-state index contributed by atoms with van der Waals surface area (Å²) in [7, 11) is 1.57. The number of benzene rings is 2. The molecule has 2 aromatic rings. The van der Waals surface area contributed by atoms with Crippen LogP contribution in [0, 0.1) is 0 Å². The summed E-state index contributed by atoms with van der Waals surface area (Å²) in [6, 6.07) is 14.7. The molecule has 1 atom stereocenters. The lowest BCUT2D eigenvalue weighted by Gasteiger charge is -2.13. The Bertz CT molecular complexity index is 628. The molecule has 0 fully saturated rings. The zero-order chi connectivity index (χ0) is 15.9. The van der Waals surface area contributed by atoms with Crippen LogP contribution in [0.1, 0.15) is 17.2 Å². The van der Waals surface area contributed by atoms with Crippen LogP contribution in [0.2, 0.25) is 0 Å². The van der Waals surface area contributed by atoms with E-state index in [1.54, 1.807) is 25.3 Å². The summed E-state index contributed by atoms with van der Waals surface area (Å²) in [4.78, 5) is 11.9. The van der Waals surface area contributed by atoms with Crippen molar-refractivity contribution in [2.24, 2.45) is 0 Å². The van der Waals surface area contributed by atoms with Crippen LogP contribution in [0.15, 0.2) is 53.0 Å². The molecule has 0 aliphatic carbocycles. The highest BCUT2D eigenvalue weighted by atomic mass is 79.9. The van der Waals surface area contributed by atoms with E-state index in [4.69, 9.17) is 4.74 Å². The Morgan fingerprint density at radius 2 is 2.00 bits per heavy atom. The van der Waals surface area contributed by atoms with Gasteiger partial charge in [-0.25, -0.2) is 0 Å². The molecule has 0 heterocycles. The van der Waals surface area contributed by atoms with Crippen LogP contribution in [0.3, 0.4) is 0 Å². The predicted molar refractivity (Wildman–Crippen MR) is 88.8 cm³/mol. The van der Waals surface area contributed by atoms with E-state index in [0.29, 0.717) is 11.3 Å². The maximum atomic E-state index is 11.9. The molecule has 1 unspecified atom stereocenters. The number of methoxy groups -OCH3 is 1. The fourth-order valence-corrected chi connectivity index (χ4v) is 2.29. The van der Waals surface area contributed by atoms with Crippen molar-refractivity contribution < 1.29 is 14.6 Å². The van der Waals surface area contributed by atoms with Gasteiger partial charge < -0.3 is 15.2 Å². The summed E-state index contributed by atoms with van der Waals surface area (Å²) >= 11 is 3.36. The minimum atomic E-state index is -0.760. The van der Waals surface area contributed by atoms with Gasteiger partial charge >= 0.3 is 0 Å². The van der Waals surface area contributed by atoms with Crippen molar-refractivity contribution in [2.45, 2.75) is 12.5 Å². The molecule has 0 aliphatic rings. The molecule has 1 amide bonds. The van der Waals surface area contributed by atoms with E-state index in [1.807, 2.05) is 30.3 Å². The van der Waals surface area contributed by atoms with E-state index in [2.05, 4.69) is 21.2 Å². The Kier molecular flexibility index (Phi) is 5.98. The summed E-state index contributed by atoms with van der Waals surface area (Å²) in [6.07, 6.45) is -0.470. The van der Waals surface area contributed by atoms with E-state index in [-0.39, 0.29) is 18.9 Å². The fourth-order valence-electron chi connectivity index (χ4n) is 2.03. The SMILES string of the molecule is COc1cccc(C(O)CNC(=O)Cc2ccc(Br)cc2)c1. The number of aliphatic hydroxyl groups is 1. The average Bonchev–Trinajstić information content (AvgIpc) is 2.55. The number of amides is 1. The third-order valence-corrected chi connectivity index (χ3v) is 3.78. The Morgan fingerprint density at radius 1 is 1.27 bits per heavy atom. The lowest BCUT2D eigenvalue weighted by Crippen LogP contribution is -2.29. The molecule has 0 radical (unpaired) electrons. The van der Waals surface area contributed by atoms with Crippen LogP contribution in [-0.2, 0) is 11.2 Å². The Labute approximate surface area is 138 Å². The van der Waals surface area contributed by atoms with Crippen molar-refractivity contribution in [3.05, 3.63) is 64.1 Å². The monoisotopic (exact) mass is 363 g/mol. The molecule has 0 aromatic heterocycles. The fraction of sp³-hybridized carbons (Fsp3) is 0.235. The first-order valence-corrected chi connectivity index (χ1v) is 7.71. The van der Waals surface area contributed by atoms with E-state index >= 15 is 0 Å². The second-order valence-corrected chi connectivity index (χ2v) is 5.82. The normalized spacial score (nSPS) is 11.8. The zero-order valence-corrected chi connectivity index (χ0v) is 13.8. The van der Waals surface area contributed by atoms with Gasteiger partial charge in [0, 0.05) is 11.0 Å². The maximum Gasteiger partial charge on any atom is 0.224 e. The molecule has 0 spiro atoms. The van der Waals surface area contributed by atoms with Gasteiger partial charge in [0.25, 0.3) is 0 Å². The van der Waals surface area contributed by atoms with Gasteiger partial charge in [-0.05, 0) is 35.4 Å². The number of carbonyl (C=O) groups excluding carboxylic acids is 1. The molecule has 2 N–H and O–H groups in total. The number of halogens is 1. The summed E-state index contributed by atoms with van der Waals surface area (Å²) in [5, 5.41) is 12.9. The van der Waals surface area contributed by atoms with Crippen LogP contribution >= 0.6 is 15.9 Å². The third-order valence-electron chi connectivity index (χ3n) is 3.25. The van der Waals surface area contributed by atoms with Crippen LogP contribution in [0.25, 0.3) is 0 Å². The smallest absolute Gasteiger partial charge is 0.224 e. The van der Waals surface area contributed by atoms with Gasteiger partial charge in [-0.2, -0.15) is 0 Å². The highest BCUT2D eigenvalue weighted by molar-refractivity contribution is 9.10. The molecule has 0 bridgehead atoms. The first kappa shape index (κ1) is 16.5. The largest absolute Gasteiger partial charge is 0.497 e. The van der Waals surface area contributed by atoms with Crippen LogP contribution in [0.4, 0.5) is 0 Å². The van der Waals surface area contributed by atoms with Gasteiger partial charge in [-0.15, -0.1) is 0 Å². The predicted octanol–water partition coefficient (Wildman–Crippen LogP) is 2.85. The minimum Gasteiger partial charge on any atom is -0.497 e. The van der Waals surface area contributed by atoms with Crippen LogP contribution in [0.5, 0.6) is 5.75 Å². The molecule has 0 aliphatic heterocycles. The molecule has 5 heteroatoms. The number of aliphatic hydroxyl groups excluding tert-OH is 1. The van der Waals surface area contributed by atoms with E-state index in [9.17, 15) is 9.90 Å². The molecular weight excluding hydrogens is 346 g/mol. The van der Waals surface area contributed by atoms with Crippen molar-refractivity contribution in [2.75, 3.05) is 13.7 Å². The summed E-state index contributed by atoms with van der Waals surface area (Å²) in [5.74, 6) is 0.557. The highest BCUT2D eigenvalue weighted by Gasteiger charge is 2.10. The van der Waals surface area contributed by atoms with Gasteiger partial charge in [0.15, 0.2) is 0 Å². The second-order valence-electron chi connectivity index (χ2n) is 4.90. The first-order chi connectivity index (χ1) is 10.6. The summed E-state index contributed by atoms with van der Waals surface area (Å²) in [6.45, 7) is 0.169. The molecular formula is C17H18BrNO3. The number of rotatable bonds is 6. The molecule has 2 aromatic carbocycles. The Balaban J connectivity index is 1.86. The molecule has 2 rings (SSSR count). The van der Waals surface area contributed by atoms with E-state index < -0.39 is 6.10 Å². The molecule has 0 saturated heterocycles. The molecule has 22 heavy (non-hydrogen) atoms. The maximum absolute atomic E-state index is 11.9. The summed E-state index contributed by atoms with van der Waals surface area (Å²) < 4.78 is 6.09. The quantitative estimate of drug-likeness (QED) is 0.829. The zero-order valence-electron chi connectivity index (χ0n) is 12.3. The summed E-state index contributed by atoms with van der Waals surface area (Å²) in [5.41, 5.74) is 1.64. The lowest BCUT2D eigenvalue weighted by atomic mass is 10.1. The number of nitrogens with one attached hydrogen (secondary N) is 1. The second kappa shape index (κ2) is 7.96. The van der Waals surface area contributed by atoms with Gasteiger partial charge in [0.05, 0.1) is 19.6 Å². The van der Waals surface area contributed by atoms with Crippen molar-refractivity contribution in [3.8, 4) is 5.75 Å². The Morgan fingerprint density at radius 3 is 2.68 bits per heavy atom. The standard InChI is InChI=1S/C17H18BrNO3/c1-22-15-4-2-3-13(10-15)16(20)11-19-17(21)9-12-5-7-14(18)8-6-12/h2-8,10,16,20H,9,11H2,1H3,(H,19,21). The van der Waals surface area contributed by atoms with Gasteiger partial charge in [0.1, 0.15) is 5.75 Å². The first-order valence-electron chi connectivity index (χ1n) is 6.91. The molecule has 0 saturated carbocycles. The van der Waals surface area contributed by atoms with Gasteiger partial charge in [-0.3, -0.25) is 4.79 Å². The number of ether oxygens (including phenoxy) is 1. The van der Waals surface area contributed by atoms with Crippen molar-refractivity contribution in [3.63, 3.8) is 0 Å². The highest BCUT2D eigenvalue weighted by Crippen LogP contribution is 2.18. The van der Waals surface area contributed by atoms with Gasteiger partial charge in [-0.1, -0.05) is 40.2 Å². The average molecular weight is 364 g/mol. The molecule has 116 valence electrons. The van der Waals surface area contributed by atoms with Crippen molar-refractivity contribution >= 4 is 21.8 Å². The Hall–Kier alpha value is -1.85. The van der Waals surface area contributed by atoms with E-state index in [0.717, 1.165) is 10.0 Å². The topological polar surface area (TPSA) is 58.6 Å². The lowest BCUT2D eigenvalue weighted by molar-refractivity contribution is -0.120. The number of carbonyl (C=O) groups is 1. The van der Waals surface area contributed by atoms with Crippen LogP contribution in [-0.4, -0.2) is 24.7 Å². The van der Waals surface area contributed by atoms with E-state index in [1.165, 1.54) is 0 Å². The molecule has 4 nitrogen and oxygen atoms in total. The van der Waals surface area contributed by atoms with Crippen LogP contribution < -0.4 is 10.1 Å². The van der Waals surface area contributed by atoms with Gasteiger partial charge in [0.2, 0.25) is 5.91 Å². The van der Waals surface area contributed by atoms with Crippen molar-refractivity contribution in [1.29, 1.82) is 0 Å². The number of hydrogen-bond acceptors (Lipinski definition) is 3. The van der Waals surface area contributed by atoms with Crippen molar-refractivity contribution in [1.82, 2.24) is 5.32 Å². The minimum absolute atomic E-state index is 0.121. The third kappa shape index (κ3) is 4.86. The number of hydrogen-bond donors (Lipinski definition) is 2.